The number of methoxy groups -OCH3 is 1. The third kappa shape index (κ3) is 5.97. The summed E-state index contributed by atoms with van der Waals surface area (Å²) in [5, 5.41) is 0. The molecule has 0 spiro atoms. The zero-order chi connectivity index (χ0) is 14.8. The topological polar surface area (TPSA) is 27.7 Å². The summed E-state index contributed by atoms with van der Waals surface area (Å²) in [6.07, 6.45) is 0.889. The fraction of sp³-hybridized carbons (Fsp3) is 0.600. The summed E-state index contributed by atoms with van der Waals surface area (Å²) < 4.78 is 18.5. The monoisotopic (exact) mass is 456 g/mol. The molecule has 0 saturated carbocycles. The van der Waals surface area contributed by atoms with Gasteiger partial charge in [0, 0.05) is 29.2 Å². The van der Waals surface area contributed by atoms with Gasteiger partial charge in [-0.05, 0) is 25.0 Å². The van der Waals surface area contributed by atoms with Gasteiger partial charge in [-0.3, -0.25) is 0 Å². The molecule has 0 amide bonds. The van der Waals surface area contributed by atoms with Gasteiger partial charge in [-0.2, -0.15) is 0 Å². The van der Waals surface area contributed by atoms with Crippen molar-refractivity contribution in [2.75, 3.05) is 38.0 Å². The molecule has 1 rings (SSSR count). The molecule has 0 aliphatic carbocycles. The Balaban J connectivity index is 2.40. The minimum absolute atomic E-state index is 0.271. The molecular weight excluding hydrogens is 435 g/mol. The van der Waals surface area contributed by atoms with Crippen molar-refractivity contribution in [3.05, 3.63) is 34.3 Å². The molecule has 0 fully saturated rings. The number of benzene rings is 1. The summed E-state index contributed by atoms with van der Waals surface area (Å²) >= 11 is 5.97. The maximum Gasteiger partial charge on any atom is 0.100 e. The van der Waals surface area contributed by atoms with Crippen molar-refractivity contribution >= 4 is 38.5 Å². The van der Waals surface area contributed by atoms with Crippen molar-refractivity contribution in [3.63, 3.8) is 0 Å². The molecule has 5 heteroatoms. The van der Waals surface area contributed by atoms with E-state index in [2.05, 4.69) is 57.6 Å². The molecule has 0 saturated heterocycles. The first-order chi connectivity index (χ1) is 9.64. The van der Waals surface area contributed by atoms with Crippen LogP contribution in [0.15, 0.2) is 28.7 Å². The Morgan fingerprint density at radius 3 is 2.55 bits per heavy atom. The van der Waals surface area contributed by atoms with Crippen molar-refractivity contribution < 1.29 is 14.2 Å². The SMILES string of the molecule is COCCOCCCOC(C)(CI)c1ccccc1Br. The van der Waals surface area contributed by atoms with Gasteiger partial charge >= 0.3 is 0 Å². The molecule has 1 aromatic carbocycles. The lowest BCUT2D eigenvalue weighted by Crippen LogP contribution is -2.29. The Bertz CT molecular complexity index is 389. The van der Waals surface area contributed by atoms with Gasteiger partial charge in [-0.15, -0.1) is 0 Å². The molecule has 0 radical (unpaired) electrons. The highest BCUT2D eigenvalue weighted by Gasteiger charge is 2.27. The second kappa shape index (κ2) is 10.1. The van der Waals surface area contributed by atoms with E-state index in [0.29, 0.717) is 26.4 Å². The van der Waals surface area contributed by atoms with Crippen LogP contribution in [0, 0.1) is 0 Å². The Labute approximate surface area is 143 Å². The van der Waals surface area contributed by atoms with Gasteiger partial charge < -0.3 is 14.2 Å². The molecule has 0 aliphatic heterocycles. The van der Waals surface area contributed by atoms with E-state index < -0.39 is 0 Å². The lowest BCUT2D eigenvalue weighted by Gasteiger charge is -2.29. The zero-order valence-electron chi connectivity index (χ0n) is 12.0. The molecule has 0 aliphatic rings. The third-order valence-corrected chi connectivity index (χ3v) is 5.13. The number of hydrogen-bond acceptors (Lipinski definition) is 3. The molecule has 1 atom stereocenters. The highest BCUT2D eigenvalue weighted by molar-refractivity contribution is 14.1. The molecule has 0 bridgehead atoms. The highest BCUT2D eigenvalue weighted by atomic mass is 127. The molecule has 3 nitrogen and oxygen atoms in total. The van der Waals surface area contributed by atoms with E-state index in [9.17, 15) is 0 Å². The number of ether oxygens (including phenoxy) is 3. The fourth-order valence-corrected chi connectivity index (χ4v) is 3.12. The zero-order valence-corrected chi connectivity index (χ0v) is 15.8. The van der Waals surface area contributed by atoms with Crippen LogP contribution in [-0.4, -0.2) is 38.0 Å². The van der Waals surface area contributed by atoms with Gasteiger partial charge in [0.25, 0.3) is 0 Å². The number of alkyl halides is 1. The van der Waals surface area contributed by atoms with E-state index in [-0.39, 0.29) is 5.60 Å². The maximum atomic E-state index is 6.10. The van der Waals surface area contributed by atoms with Crippen LogP contribution in [0.3, 0.4) is 0 Å². The predicted octanol–water partition coefficient (Wildman–Crippen LogP) is 4.17. The van der Waals surface area contributed by atoms with Crippen LogP contribution in [0.25, 0.3) is 0 Å². The Morgan fingerprint density at radius 1 is 1.15 bits per heavy atom. The van der Waals surface area contributed by atoms with E-state index in [0.717, 1.165) is 15.3 Å². The first-order valence-electron chi connectivity index (χ1n) is 6.65. The van der Waals surface area contributed by atoms with Crippen LogP contribution in [0.1, 0.15) is 18.9 Å². The summed E-state index contributed by atoms with van der Waals surface area (Å²) in [6.45, 7) is 4.81. The molecule has 0 aromatic heterocycles. The van der Waals surface area contributed by atoms with E-state index in [4.69, 9.17) is 14.2 Å². The number of rotatable bonds is 10. The standard InChI is InChI=1S/C15H22BrIO3/c1-15(12-17,13-6-3-4-7-14(13)16)20-9-5-8-19-11-10-18-2/h3-4,6-7H,5,8-12H2,1-2H3. The van der Waals surface area contributed by atoms with E-state index in [1.807, 2.05) is 12.1 Å². The summed E-state index contributed by atoms with van der Waals surface area (Å²) in [7, 11) is 1.68. The highest BCUT2D eigenvalue weighted by Crippen LogP contribution is 2.33. The van der Waals surface area contributed by atoms with Crippen LogP contribution >= 0.6 is 38.5 Å². The molecular formula is C15H22BrIO3. The van der Waals surface area contributed by atoms with Gasteiger partial charge in [0.15, 0.2) is 0 Å². The van der Waals surface area contributed by atoms with Crippen LogP contribution in [-0.2, 0) is 19.8 Å². The molecule has 0 heterocycles. The maximum absolute atomic E-state index is 6.10. The van der Waals surface area contributed by atoms with E-state index in [1.165, 1.54) is 5.56 Å². The number of halogens is 2. The van der Waals surface area contributed by atoms with E-state index in [1.54, 1.807) is 7.11 Å². The largest absolute Gasteiger partial charge is 0.382 e. The quantitative estimate of drug-likeness (QED) is 0.300. The van der Waals surface area contributed by atoms with Crippen molar-refractivity contribution in [2.45, 2.75) is 18.9 Å². The fourth-order valence-electron chi connectivity index (χ4n) is 1.78. The first-order valence-corrected chi connectivity index (χ1v) is 8.97. The van der Waals surface area contributed by atoms with Crippen LogP contribution in [0.4, 0.5) is 0 Å². The average molecular weight is 457 g/mol. The van der Waals surface area contributed by atoms with Gasteiger partial charge in [0.05, 0.1) is 13.2 Å². The van der Waals surface area contributed by atoms with Crippen LogP contribution in [0.2, 0.25) is 0 Å². The van der Waals surface area contributed by atoms with Crippen molar-refractivity contribution in [1.29, 1.82) is 0 Å². The van der Waals surface area contributed by atoms with Crippen LogP contribution < -0.4 is 0 Å². The second-order valence-corrected chi connectivity index (χ2v) is 6.27. The predicted molar refractivity (Wildman–Crippen MR) is 93.6 cm³/mol. The summed E-state index contributed by atoms with van der Waals surface area (Å²) in [4.78, 5) is 0. The Morgan fingerprint density at radius 2 is 1.90 bits per heavy atom. The average Bonchev–Trinajstić information content (AvgIpc) is 2.46. The smallest absolute Gasteiger partial charge is 0.100 e. The summed E-state index contributed by atoms with van der Waals surface area (Å²) in [5.74, 6) is 0. The van der Waals surface area contributed by atoms with Gasteiger partial charge in [0.1, 0.15) is 5.60 Å². The second-order valence-electron chi connectivity index (χ2n) is 4.65. The summed E-state index contributed by atoms with van der Waals surface area (Å²) in [5.41, 5.74) is 0.919. The molecule has 1 unspecified atom stereocenters. The lowest BCUT2D eigenvalue weighted by molar-refractivity contribution is -0.0279. The Kier molecular flexibility index (Phi) is 9.28. The first kappa shape index (κ1) is 18.4. The van der Waals surface area contributed by atoms with Crippen molar-refractivity contribution in [3.8, 4) is 0 Å². The normalized spacial score (nSPS) is 14.2. The van der Waals surface area contributed by atoms with Crippen LogP contribution in [0.5, 0.6) is 0 Å². The van der Waals surface area contributed by atoms with Gasteiger partial charge in [0.2, 0.25) is 0 Å². The molecule has 1 aromatic rings. The lowest BCUT2D eigenvalue weighted by atomic mass is 9.98. The minimum atomic E-state index is -0.271. The summed E-state index contributed by atoms with van der Waals surface area (Å²) in [6, 6.07) is 8.22. The van der Waals surface area contributed by atoms with Crippen molar-refractivity contribution in [1.82, 2.24) is 0 Å². The third-order valence-electron chi connectivity index (χ3n) is 2.98. The molecule has 20 heavy (non-hydrogen) atoms. The molecule has 114 valence electrons. The van der Waals surface area contributed by atoms with Gasteiger partial charge in [-0.25, -0.2) is 0 Å². The van der Waals surface area contributed by atoms with Gasteiger partial charge in [-0.1, -0.05) is 56.7 Å². The van der Waals surface area contributed by atoms with E-state index >= 15 is 0 Å². The van der Waals surface area contributed by atoms with Crippen molar-refractivity contribution in [2.24, 2.45) is 0 Å². The Hall–Kier alpha value is 0.310. The number of hydrogen-bond donors (Lipinski definition) is 0. The minimum Gasteiger partial charge on any atom is -0.382 e. The molecule has 0 N–H and O–H groups in total.